The van der Waals surface area contributed by atoms with Crippen LogP contribution in [0.1, 0.15) is 43.9 Å². The Hall–Kier alpha value is -1.35. The first kappa shape index (κ1) is 14.6. The molecular weight excluding hydrogens is 329 g/mol. The summed E-state index contributed by atoms with van der Waals surface area (Å²) < 4.78 is 14.2. The van der Waals surface area contributed by atoms with Gasteiger partial charge in [0.2, 0.25) is 0 Å². The molecule has 0 aliphatic carbocycles. The topological polar surface area (TPSA) is 12.0 Å². The predicted molar refractivity (Wildman–Crippen MR) is 89.2 cm³/mol. The monoisotopic (exact) mass is 347 g/mol. The summed E-state index contributed by atoms with van der Waals surface area (Å²) in [7, 11) is 0. The fourth-order valence-electron chi connectivity index (χ4n) is 3.05. The molecule has 0 bridgehead atoms. The molecule has 0 fully saturated rings. The minimum absolute atomic E-state index is 0.126. The zero-order valence-electron chi connectivity index (χ0n) is 12.3. The van der Waals surface area contributed by atoms with Gasteiger partial charge in [-0.05, 0) is 59.7 Å². The fourth-order valence-corrected chi connectivity index (χ4v) is 3.41. The summed E-state index contributed by atoms with van der Waals surface area (Å²) in [6, 6.07) is 13.5. The quantitative estimate of drug-likeness (QED) is 0.685. The van der Waals surface area contributed by atoms with Gasteiger partial charge < -0.3 is 5.32 Å². The molecule has 1 unspecified atom stereocenters. The lowest BCUT2D eigenvalue weighted by molar-refractivity contribution is 0.456. The van der Waals surface area contributed by atoms with Crippen molar-refractivity contribution in [2.24, 2.45) is 0 Å². The van der Waals surface area contributed by atoms with E-state index in [9.17, 15) is 4.39 Å². The fraction of sp³-hybridized carbons (Fsp3) is 0.333. The van der Waals surface area contributed by atoms with E-state index in [0.29, 0.717) is 0 Å². The summed E-state index contributed by atoms with van der Waals surface area (Å²) in [6.07, 6.45) is 2.12. The smallest absolute Gasteiger partial charge is 0.123 e. The van der Waals surface area contributed by atoms with E-state index in [2.05, 4.69) is 53.3 Å². The first-order chi connectivity index (χ1) is 9.95. The largest absolute Gasteiger partial charge is 0.378 e. The second kappa shape index (κ2) is 5.45. The van der Waals surface area contributed by atoms with E-state index >= 15 is 0 Å². The number of rotatable bonds is 1. The van der Waals surface area contributed by atoms with Crippen molar-refractivity contribution in [3.8, 4) is 0 Å². The highest BCUT2D eigenvalue weighted by Crippen LogP contribution is 2.42. The van der Waals surface area contributed by atoms with Gasteiger partial charge in [0.25, 0.3) is 0 Å². The zero-order valence-corrected chi connectivity index (χ0v) is 13.9. The summed E-state index contributed by atoms with van der Waals surface area (Å²) in [4.78, 5) is 0. The second-order valence-electron chi connectivity index (χ2n) is 6.36. The lowest BCUT2D eigenvalue weighted by Crippen LogP contribution is -2.16. The summed E-state index contributed by atoms with van der Waals surface area (Å²) in [5.41, 5.74) is 3.78. The molecule has 1 aliphatic rings. The average molecular weight is 348 g/mol. The summed E-state index contributed by atoms with van der Waals surface area (Å²) in [5.74, 6) is -0.183. The molecule has 0 saturated heterocycles. The maximum Gasteiger partial charge on any atom is 0.123 e. The van der Waals surface area contributed by atoms with Crippen LogP contribution in [0, 0.1) is 5.82 Å². The van der Waals surface area contributed by atoms with Crippen molar-refractivity contribution in [2.75, 3.05) is 5.32 Å². The van der Waals surface area contributed by atoms with E-state index in [0.717, 1.165) is 22.9 Å². The van der Waals surface area contributed by atoms with Crippen LogP contribution in [0.25, 0.3) is 0 Å². The van der Waals surface area contributed by atoms with E-state index in [1.54, 1.807) is 0 Å². The Labute approximate surface area is 133 Å². The highest BCUT2D eigenvalue weighted by atomic mass is 79.9. The Bertz CT molecular complexity index is 649. The molecule has 3 rings (SSSR count). The predicted octanol–water partition coefficient (Wildman–Crippen LogP) is 5.81. The van der Waals surface area contributed by atoms with Gasteiger partial charge in [0.05, 0.1) is 6.04 Å². The molecule has 1 nitrogen and oxygen atoms in total. The van der Waals surface area contributed by atoms with E-state index in [1.165, 1.54) is 23.4 Å². The number of halogens is 2. The van der Waals surface area contributed by atoms with Crippen LogP contribution in [0.5, 0.6) is 0 Å². The van der Waals surface area contributed by atoms with Crippen LogP contribution < -0.4 is 5.32 Å². The molecule has 1 N–H and O–H groups in total. The Morgan fingerprint density at radius 2 is 1.86 bits per heavy atom. The van der Waals surface area contributed by atoms with Gasteiger partial charge in [0, 0.05) is 10.2 Å². The Balaban J connectivity index is 1.99. The highest BCUT2D eigenvalue weighted by molar-refractivity contribution is 9.10. The number of hydrogen-bond acceptors (Lipinski definition) is 1. The van der Waals surface area contributed by atoms with E-state index in [1.807, 2.05) is 12.1 Å². The number of nitrogens with one attached hydrogen (secondary N) is 1. The van der Waals surface area contributed by atoms with Gasteiger partial charge in [-0.25, -0.2) is 4.39 Å². The first-order valence-corrected chi connectivity index (χ1v) is 8.07. The standard InChI is InChI=1S/C18H19BrFN/c1-18(2)10-9-16(12-3-6-14(20)7-4-12)21-17-8-5-13(19)11-15(17)18/h3-8,11,16,21H,9-10H2,1-2H3. The Kier molecular flexibility index (Phi) is 3.78. The third-order valence-corrected chi connectivity index (χ3v) is 4.86. The minimum atomic E-state index is -0.183. The summed E-state index contributed by atoms with van der Waals surface area (Å²) in [5, 5.41) is 3.63. The number of anilines is 1. The van der Waals surface area contributed by atoms with E-state index in [4.69, 9.17) is 0 Å². The van der Waals surface area contributed by atoms with Gasteiger partial charge in [0.15, 0.2) is 0 Å². The molecule has 3 heteroatoms. The second-order valence-corrected chi connectivity index (χ2v) is 7.28. The maximum absolute atomic E-state index is 13.1. The van der Waals surface area contributed by atoms with Gasteiger partial charge in [-0.15, -0.1) is 0 Å². The van der Waals surface area contributed by atoms with Crippen LogP contribution in [0.4, 0.5) is 10.1 Å². The van der Waals surface area contributed by atoms with E-state index < -0.39 is 0 Å². The third-order valence-electron chi connectivity index (χ3n) is 4.37. The number of benzene rings is 2. The third kappa shape index (κ3) is 2.98. The normalized spacial score (nSPS) is 20.3. The van der Waals surface area contributed by atoms with Crippen molar-refractivity contribution in [2.45, 2.75) is 38.1 Å². The van der Waals surface area contributed by atoms with Crippen molar-refractivity contribution < 1.29 is 4.39 Å². The Morgan fingerprint density at radius 1 is 1.14 bits per heavy atom. The molecule has 2 aromatic rings. The molecule has 0 spiro atoms. The van der Waals surface area contributed by atoms with Crippen LogP contribution in [0.2, 0.25) is 0 Å². The summed E-state index contributed by atoms with van der Waals surface area (Å²) in [6.45, 7) is 4.57. The van der Waals surface area contributed by atoms with Crippen molar-refractivity contribution in [1.82, 2.24) is 0 Å². The van der Waals surface area contributed by atoms with Crippen molar-refractivity contribution in [3.63, 3.8) is 0 Å². The molecule has 0 amide bonds. The molecule has 1 aliphatic heterocycles. The molecular formula is C18H19BrFN. The van der Waals surface area contributed by atoms with Gasteiger partial charge in [-0.1, -0.05) is 41.9 Å². The first-order valence-electron chi connectivity index (χ1n) is 7.28. The average Bonchev–Trinajstić information content (AvgIpc) is 2.57. The van der Waals surface area contributed by atoms with Crippen LogP contribution >= 0.6 is 15.9 Å². The van der Waals surface area contributed by atoms with E-state index in [-0.39, 0.29) is 17.3 Å². The molecule has 1 heterocycles. The molecule has 21 heavy (non-hydrogen) atoms. The number of hydrogen-bond donors (Lipinski definition) is 1. The summed E-state index contributed by atoms with van der Waals surface area (Å²) >= 11 is 3.57. The highest BCUT2D eigenvalue weighted by Gasteiger charge is 2.29. The van der Waals surface area contributed by atoms with Gasteiger partial charge in [0.1, 0.15) is 5.82 Å². The number of fused-ring (bicyclic) bond motifs is 1. The molecule has 0 aromatic heterocycles. The van der Waals surface area contributed by atoms with Crippen LogP contribution in [-0.2, 0) is 5.41 Å². The molecule has 0 radical (unpaired) electrons. The van der Waals surface area contributed by atoms with Gasteiger partial charge >= 0.3 is 0 Å². The van der Waals surface area contributed by atoms with Crippen molar-refractivity contribution >= 4 is 21.6 Å². The molecule has 110 valence electrons. The van der Waals surface area contributed by atoms with Gasteiger partial charge in [-0.2, -0.15) is 0 Å². The van der Waals surface area contributed by atoms with Crippen molar-refractivity contribution in [3.05, 3.63) is 63.9 Å². The van der Waals surface area contributed by atoms with Crippen LogP contribution in [0.15, 0.2) is 46.9 Å². The van der Waals surface area contributed by atoms with Crippen molar-refractivity contribution in [1.29, 1.82) is 0 Å². The maximum atomic E-state index is 13.1. The minimum Gasteiger partial charge on any atom is -0.378 e. The van der Waals surface area contributed by atoms with Crippen LogP contribution in [-0.4, -0.2) is 0 Å². The SMILES string of the molecule is CC1(C)CCC(c2ccc(F)cc2)Nc2ccc(Br)cc21. The molecule has 0 saturated carbocycles. The lowest BCUT2D eigenvalue weighted by Gasteiger charge is -2.25. The van der Waals surface area contributed by atoms with Gasteiger partial charge in [-0.3, -0.25) is 0 Å². The molecule has 2 aromatic carbocycles. The zero-order chi connectivity index (χ0) is 15.0. The Morgan fingerprint density at radius 3 is 2.57 bits per heavy atom. The molecule has 1 atom stereocenters. The van der Waals surface area contributed by atoms with Crippen LogP contribution in [0.3, 0.4) is 0 Å². The lowest BCUT2D eigenvalue weighted by atomic mass is 9.80.